The Labute approximate surface area is 236 Å². The number of hydrogen-bond donors (Lipinski definition) is 0. The molecule has 0 aliphatic heterocycles. The lowest BCUT2D eigenvalue weighted by molar-refractivity contribution is 0.940. The molecule has 0 amide bonds. The molecule has 3 heteroatoms. The second-order valence-corrected chi connectivity index (χ2v) is 11.4. The van der Waals surface area contributed by atoms with Gasteiger partial charge < -0.3 is 0 Å². The third kappa shape index (κ3) is 4.32. The van der Waals surface area contributed by atoms with E-state index in [-0.39, 0.29) is 0 Å². The summed E-state index contributed by atoms with van der Waals surface area (Å²) in [5.41, 5.74) is 15.8. The summed E-state index contributed by atoms with van der Waals surface area (Å²) in [6, 6.07) is 35.1. The van der Waals surface area contributed by atoms with E-state index in [2.05, 4.69) is 129 Å². The fourth-order valence-corrected chi connectivity index (χ4v) is 5.63. The Morgan fingerprint density at radius 2 is 0.950 bits per heavy atom. The molecule has 1 aliphatic carbocycles. The van der Waals surface area contributed by atoms with Crippen LogP contribution in [0.3, 0.4) is 0 Å². The number of aryl methyl sites for hydroxylation is 4. The van der Waals surface area contributed by atoms with E-state index in [1.165, 1.54) is 51.9 Å². The summed E-state index contributed by atoms with van der Waals surface area (Å²) in [6.45, 7) is 8.53. The van der Waals surface area contributed by atoms with Crippen molar-refractivity contribution >= 4 is 11.2 Å². The lowest BCUT2D eigenvalue weighted by Crippen LogP contribution is -2.02. The van der Waals surface area contributed by atoms with Gasteiger partial charge >= 0.3 is 0 Å². The Balaban J connectivity index is 1.62. The fourth-order valence-electron chi connectivity index (χ4n) is 5.63. The highest BCUT2D eigenvalue weighted by Crippen LogP contribution is 2.49. The van der Waals surface area contributed by atoms with Crippen molar-refractivity contribution in [1.29, 1.82) is 0 Å². The van der Waals surface area contributed by atoms with Crippen molar-refractivity contribution in [3.63, 3.8) is 0 Å². The van der Waals surface area contributed by atoms with Crippen LogP contribution in [-0.4, -0.2) is 14.5 Å². The van der Waals surface area contributed by atoms with Crippen molar-refractivity contribution < 1.29 is 0 Å². The Morgan fingerprint density at radius 3 is 1.43 bits per heavy atom. The van der Waals surface area contributed by atoms with E-state index < -0.39 is 0 Å². The Hall–Kier alpha value is -4.50. The molecule has 0 spiro atoms. The van der Waals surface area contributed by atoms with E-state index in [1.807, 2.05) is 0 Å². The first-order chi connectivity index (χ1) is 19.5. The first kappa shape index (κ1) is 24.5. The summed E-state index contributed by atoms with van der Waals surface area (Å²) < 4.78 is 2.39. The Kier molecular flexibility index (Phi) is 5.89. The zero-order valence-electron chi connectivity index (χ0n) is 23.6. The molecule has 3 nitrogen and oxygen atoms in total. The predicted molar refractivity (Wildman–Crippen MR) is 166 cm³/mol. The zero-order chi connectivity index (χ0) is 27.4. The molecular weight excluding hydrogens is 486 g/mol. The van der Waals surface area contributed by atoms with Crippen LogP contribution >= 0.6 is 0 Å². The van der Waals surface area contributed by atoms with Gasteiger partial charge in [-0.2, -0.15) is 0 Å². The van der Waals surface area contributed by atoms with Gasteiger partial charge in [0.25, 0.3) is 0 Å². The molecule has 0 unspecified atom stereocenters. The molecule has 0 saturated heterocycles. The first-order valence-electron chi connectivity index (χ1n) is 14.2. The summed E-state index contributed by atoms with van der Waals surface area (Å²) in [4.78, 5) is 11.0. The van der Waals surface area contributed by atoms with Gasteiger partial charge in [-0.25, -0.2) is 9.97 Å². The lowest BCUT2D eigenvalue weighted by Gasteiger charge is -2.13. The molecule has 1 aliphatic rings. The maximum Gasteiger partial charge on any atom is 0.164 e. The van der Waals surface area contributed by atoms with Crippen LogP contribution in [-0.2, 0) is 0 Å². The zero-order valence-corrected chi connectivity index (χ0v) is 23.6. The van der Waals surface area contributed by atoms with Gasteiger partial charge in [0, 0.05) is 34.0 Å². The molecule has 0 N–H and O–H groups in total. The van der Waals surface area contributed by atoms with E-state index in [1.54, 1.807) is 0 Å². The van der Waals surface area contributed by atoms with E-state index in [4.69, 9.17) is 9.97 Å². The standard InChI is InChI=1S/C37H33N3/c1-23-5-13-27(14-6-23)32-35-37(40(36(32)30-19-20-30)31-21-11-26(4)12-22-31)39-34(29-17-9-25(3)10-18-29)33(38-35)28-15-7-24(2)8-16-28/h5-18,21-22,30H,19-20H2,1-4H3. The first-order valence-corrected chi connectivity index (χ1v) is 14.2. The van der Waals surface area contributed by atoms with Gasteiger partial charge in [-0.15, -0.1) is 0 Å². The van der Waals surface area contributed by atoms with Crippen LogP contribution in [0.2, 0.25) is 0 Å². The van der Waals surface area contributed by atoms with E-state index >= 15 is 0 Å². The Morgan fingerprint density at radius 1 is 0.525 bits per heavy atom. The van der Waals surface area contributed by atoms with E-state index in [9.17, 15) is 0 Å². The number of rotatable bonds is 5. The highest BCUT2D eigenvalue weighted by atomic mass is 15.1. The fraction of sp³-hybridized carbons (Fsp3) is 0.189. The summed E-state index contributed by atoms with van der Waals surface area (Å²) in [5, 5.41) is 0. The molecule has 7 rings (SSSR count). The van der Waals surface area contributed by atoms with Crippen LogP contribution in [0.1, 0.15) is 46.7 Å². The van der Waals surface area contributed by atoms with Gasteiger partial charge in [0.1, 0.15) is 5.52 Å². The molecule has 2 aromatic heterocycles. The molecule has 0 radical (unpaired) electrons. The maximum atomic E-state index is 5.52. The summed E-state index contributed by atoms with van der Waals surface area (Å²) in [5.74, 6) is 0.499. The van der Waals surface area contributed by atoms with Crippen LogP contribution in [0.25, 0.3) is 50.5 Å². The maximum absolute atomic E-state index is 5.52. The second kappa shape index (κ2) is 9.60. The summed E-state index contributed by atoms with van der Waals surface area (Å²) in [6.07, 6.45) is 2.38. The molecule has 0 atom stereocenters. The minimum Gasteiger partial charge on any atom is -0.296 e. The molecule has 1 fully saturated rings. The van der Waals surface area contributed by atoms with Gasteiger partial charge in [0.15, 0.2) is 5.65 Å². The van der Waals surface area contributed by atoms with Crippen molar-refractivity contribution in [2.45, 2.75) is 46.5 Å². The van der Waals surface area contributed by atoms with Crippen LogP contribution in [0.5, 0.6) is 0 Å². The van der Waals surface area contributed by atoms with Crippen LogP contribution in [0.15, 0.2) is 97.1 Å². The third-order valence-electron chi connectivity index (χ3n) is 8.07. The van der Waals surface area contributed by atoms with Gasteiger partial charge in [0.2, 0.25) is 0 Å². The van der Waals surface area contributed by atoms with Crippen molar-refractivity contribution in [2.75, 3.05) is 0 Å². The quantitative estimate of drug-likeness (QED) is 0.227. The summed E-state index contributed by atoms with van der Waals surface area (Å²) in [7, 11) is 0. The average molecular weight is 520 g/mol. The van der Waals surface area contributed by atoms with Crippen molar-refractivity contribution in [3.05, 3.63) is 125 Å². The van der Waals surface area contributed by atoms with Crippen molar-refractivity contribution in [2.24, 2.45) is 0 Å². The molecule has 40 heavy (non-hydrogen) atoms. The topological polar surface area (TPSA) is 30.7 Å². The van der Waals surface area contributed by atoms with Crippen LogP contribution in [0, 0.1) is 27.7 Å². The molecule has 6 aromatic rings. The van der Waals surface area contributed by atoms with Gasteiger partial charge in [0.05, 0.1) is 11.4 Å². The number of aromatic nitrogens is 3. The highest BCUT2D eigenvalue weighted by Gasteiger charge is 2.34. The lowest BCUT2D eigenvalue weighted by atomic mass is 10.00. The van der Waals surface area contributed by atoms with Gasteiger partial charge in [-0.3, -0.25) is 4.57 Å². The predicted octanol–water partition coefficient (Wildman–Crippen LogP) is 9.53. The number of benzene rings is 4. The second-order valence-electron chi connectivity index (χ2n) is 11.4. The number of hydrogen-bond acceptors (Lipinski definition) is 2. The number of nitrogens with zero attached hydrogens (tertiary/aromatic N) is 3. The van der Waals surface area contributed by atoms with Crippen molar-refractivity contribution in [1.82, 2.24) is 14.5 Å². The SMILES string of the molecule is Cc1ccc(-c2nc3c(-c4ccc(C)cc4)c(C4CC4)n(-c4ccc(C)cc4)c3nc2-c2ccc(C)cc2)cc1. The molecule has 1 saturated carbocycles. The van der Waals surface area contributed by atoms with E-state index in [0.717, 1.165) is 39.4 Å². The largest absolute Gasteiger partial charge is 0.296 e. The summed E-state index contributed by atoms with van der Waals surface area (Å²) >= 11 is 0. The minimum atomic E-state index is 0.499. The highest BCUT2D eigenvalue weighted by molar-refractivity contribution is 5.98. The third-order valence-corrected chi connectivity index (χ3v) is 8.07. The Bertz CT molecular complexity index is 1700. The molecule has 2 heterocycles. The van der Waals surface area contributed by atoms with Gasteiger partial charge in [-0.1, -0.05) is 107 Å². The smallest absolute Gasteiger partial charge is 0.164 e. The average Bonchev–Trinajstić information content (AvgIpc) is 3.76. The van der Waals surface area contributed by atoms with Crippen molar-refractivity contribution in [3.8, 4) is 39.3 Å². The van der Waals surface area contributed by atoms with Crippen LogP contribution in [0.4, 0.5) is 0 Å². The van der Waals surface area contributed by atoms with Crippen LogP contribution < -0.4 is 0 Å². The molecular formula is C37H33N3. The van der Waals surface area contributed by atoms with E-state index in [0.29, 0.717) is 5.92 Å². The normalized spacial score (nSPS) is 13.2. The number of fused-ring (bicyclic) bond motifs is 1. The monoisotopic (exact) mass is 519 g/mol. The molecule has 196 valence electrons. The van der Waals surface area contributed by atoms with Gasteiger partial charge in [-0.05, 0) is 58.2 Å². The molecule has 4 aromatic carbocycles. The molecule has 0 bridgehead atoms. The minimum absolute atomic E-state index is 0.499.